The Kier molecular flexibility index (Phi) is 4.75. The molecule has 3 rings (SSSR count). The second-order valence-electron chi connectivity index (χ2n) is 7.24. The van der Waals surface area contributed by atoms with Gasteiger partial charge >= 0.3 is 7.12 Å². The fourth-order valence-electron chi connectivity index (χ4n) is 2.53. The summed E-state index contributed by atoms with van der Waals surface area (Å²) in [4.78, 5) is 16.0. The molecule has 0 bridgehead atoms. The van der Waals surface area contributed by atoms with Crippen molar-refractivity contribution in [2.24, 2.45) is 0 Å². The third-order valence-electron chi connectivity index (χ3n) is 4.72. The van der Waals surface area contributed by atoms with Gasteiger partial charge in [0.15, 0.2) is 0 Å². The van der Waals surface area contributed by atoms with Crippen molar-refractivity contribution in [2.45, 2.75) is 45.8 Å². The van der Waals surface area contributed by atoms with Crippen molar-refractivity contribution in [2.75, 3.05) is 6.54 Å². The van der Waals surface area contributed by atoms with Gasteiger partial charge in [-0.1, -0.05) is 12.1 Å². The normalized spacial score (nSPS) is 19.4. The summed E-state index contributed by atoms with van der Waals surface area (Å²) in [6, 6.07) is 8.01. The first-order valence-electron chi connectivity index (χ1n) is 8.34. The van der Waals surface area contributed by atoms with Gasteiger partial charge < -0.3 is 14.6 Å². The van der Waals surface area contributed by atoms with Gasteiger partial charge in [-0.3, -0.25) is 4.79 Å². The quantitative estimate of drug-likeness (QED) is 0.851. The first-order valence-corrected chi connectivity index (χ1v) is 9.16. The number of carbonyl (C=O) groups excluding carboxylic acids is 1. The van der Waals surface area contributed by atoms with Crippen molar-refractivity contribution < 1.29 is 14.1 Å². The van der Waals surface area contributed by atoms with Crippen molar-refractivity contribution in [1.82, 2.24) is 10.3 Å². The van der Waals surface area contributed by atoms with Crippen molar-refractivity contribution >= 4 is 40.7 Å². The average Bonchev–Trinajstić information content (AvgIpc) is 3.00. The third kappa shape index (κ3) is 3.78. The zero-order valence-electron chi connectivity index (χ0n) is 15.3. The van der Waals surface area contributed by atoms with Crippen LogP contribution in [0.3, 0.4) is 0 Å². The Morgan fingerprint density at radius 1 is 1.24 bits per heavy atom. The summed E-state index contributed by atoms with van der Waals surface area (Å²) < 4.78 is 13.4. The summed E-state index contributed by atoms with van der Waals surface area (Å²) in [6.07, 6.45) is 1.96. The molecule has 1 aliphatic heterocycles. The molecule has 0 radical (unpaired) electrons. The Hall–Kier alpha value is -1.70. The number of hydrogen-bond donors (Lipinski definition) is 1. The van der Waals surface area contributed by atoms with Crippen molar-refractivity contribution in [1.29, 1.82) is 0 Å². The van der Waals surface area contributed by atoms with E-state index in [1.165, 1.54) is 6.92 Å². The third-order valence-corrected chi connectivity index (χ3v) is 5.70. The van der Waals surface area contributed by atoms with Crippen LogP contribution in [0.5, 0.6) is 0 Å². The van der Waals surface area contributed by atoms with Gasteiger partial charge in [-0.2, -0.15) is 0 Å². The molecule has 0 spiro atoms. The predicted molar refractivity (Wildman–Crippen MR) is 102 cm³/mol. The predicted octanol–water partition coefficient (Wildman–Crippen LogP) is 3.45. The number of benzene rings is 1. The molecule has 1 saturated heterocycles. The number of amides is 1. The monoisotopic (exact) mass is 358 g/mol. The Balaban J connectivity index is 1.93. The lowest BCUT2D eigenvalue weighted by Crippen LogP contribution is -2.41. The molecule has 1 fully saturated rings. The van der Waals surface area contributed by atoms with Crippen LogP contribution < -0.4 is 5.32 Å². The van der Waals surface area contributed by atoms with E-state index < -0.39 is 18.3 Å². The lowest BCUT2D eigenvalue weighted by Gasteiger charge is -2.32. The van der Waals surface area contributed by atoms with Crippen LogP contribution in [-0.2, 0) is 14.1 Å². The molecule has 0 atom stereocenters. The smallest absolute Gasteiger partial charge is 0.400 e. The fraction of sp³-hybridized carbons (Fsp3) is 0.444. The standard InChI is InChI=1S/C18H23BN2O3S/c1-12(22)20-11-13(19-23-17(2,3)18(4,5)24-19)10-16-21-14-8-6-7-9-15(14)25-16/h6-10H,11H2,1-5H3,(H,20,22). The van der Waals surface area contributed by atoms with Crippen molar-refractivity contribution in [3.63, 3.8) is 0 Å². The van der Waals surface area contributed by atoms with Crippen molar-refractivity contribution in [3.8, 4) is 0 Å². The highest BCUT2D eigenvalue weighted by atomic mass is 32.1. The van der Waals surface area contributed by atoms with Gasteiger partial charge in [0.05, 0.1) is 21.4 Å². The Morgan fingerprint density at radius 2 is 1.88 bits per heavy atom. The minimum Gasteiger partial charge on any atom is -0.400 e. The number of hydrogen-bond acceptors (Lipinski definition) is 5. The van der Waals surface area contributed by atoms with Gasteiger partial charge in [-0.15, -0.1) is 11.3 Å². The van der Waals surface area contributed by atoms with Gasteiger partial charge in [-0.05, 0) is 51.4 Å². The van der Waals surface area contributed by atoms with Gasteiger partial charge in [0, 0.05) is 13.5 Å². The van der Waals surface area contributed by atoms with Crippen LogP contribution in [0.4, 0.5) is 0 Å². The molecule has 1 amide bonds. The van der Waals surface area contributed by atoms with Gasteiger partial charge in [0.1, 0.15) is 5.01 Å². The van der Waals surface area contributed by atoms with Gasteiger partial charge in [0.25, 0.3) is 0 Å². The number of thiazole rings is 1. The second kappa shape index (κ2) is 6.55. The molecule has 0 unspecified atom stereocenters. The SMILES string of the molecule is CC(=O)NCC(=Cc1nc2ccccc2s1)B1OC(C)(C)C(C)(C)O1. The number of nitrogens with one attached hydrogen (secondary N) is 1. The molecular formula is C18H23BN2O3S. The summed E-state index contributed by atoms with van der Waals surface area (Å²) in [5, 5.41) is 3.71. The summed E-state index contributed by atoms with van der Waals surface area (Å²) in [5.41, 5.74) is 0.959. The summed E-state index contributed by atoms with van der Waals surface area (Å²) in [6.45, 7) is 9.92. The largest absolute Gasteiger partial charge is 0.492 e. The maximum Gasteiger partial charge on any atom is 0.492 e. The number of carbonyl (C=O) groups is 1. The molecule has 1 N–H and O–H groups in total. The van der Waals surface area contributed by atoms with Crippen LogP contribution in [0.2, 0.25) is 0 Å². The first-order chi connectivity index (χ1) is 11.7. The summed E-state index contributed by atoms with van der Waals surface area (Å²) >= 11 is 1.61. The van der Waals surface area contributed by atoms with E-state index in [0.29, 0.717) is 6.54 Å². The number of para-hydroxylation sites is 1. The highest BCUT2D eigenvalue weighted by Crippen LogP contribution is 2.39. The maximum atomic E-state index is 11.4. The summed E-state index contributed by atoms with van der Waals surface area (Å²) in [5.74, 6) is -0.0910. The fourth-order valence-corrected chi connectivity index (χ4v) is 3.48. The Morgan fingerprint density at radius 3 is 2.48 bits per heavy atom. The van der Waals surface area contributed by atoms with E-state index in [1.54, 1.807) is 11.3 Å². The molecule has 1 aromatic carbocycles. The topological polar surface area (TPSA) is 60.5 Å². The summed E-state index contributed by atoms with van der Waals surface area (Å²) in [7, 11) is -0.510. The lowest BCUT2D eigenvalue weighted by molar-refractivity contribution is -0.118. The van der Waals surface area contributed by atoms with Crippen LogP contribution >= 0.6 is 11.3 Å². The zero-order valence-corrected chi connectivity index (χ0v) is 16.1. The van der Waals surface area contributed by atoms with Crippen LogP contribution in [-0.4, -0.2) is 35.8 Å². The van der Waals surface area contributed by atoms with E-state index in [4.69, 9.17) is 9.31 Å². The molecule has 1 aromatic heterocycles. The van der Waals surface area contributed by atoms with Crippen LogP contribution in [0, 0.1) is 0 Å². The number of fused-ring (bicyclic) bond motifs is 1. The Labute approximate surface area is 152 Å². The molecule has 25 heavy (non-hydrogen) atoms. The molecular weight excluding hydrogens is 335 g/mol. The van der Waals surface area contributed by atoms with Crippen LogP contribution in [0.1, 0.15) is 39.6 Å². The highest BCUT2D eigenvalue weighted by molar-refractivity contribution is 7.19. The van der Waals surface area contributed by atoms with E-state index in [1.807, 2.05) is 58.0 Å². The molecule has 0 saturated carbocycles. The van der Waals surface area contributed by atoms with E-state index in [2.05, 4.69) is 10.3 Å². The van der Waals surface area contributed by atoms with E-state index in [9.17, 15) is 4.79 Å². The molecule has 2 aromatic rings. The van der Waals surface area contributed by atoms with Gasteiger partial charge in [0.2, 0.25) is 5.91 Å². The molecule has 132 valence electrons. The molecule has 0 aliphatic carbocycles. The molecule has 1 aliphatic rings. The molecule has 5 nitrogen and oxygen atoms in total. The number of nitrogens with zero attached hydrogens (tertiary/aromatic N) is 1. The number of aromatic nitrogens is 1. The molecule has 7 heteroatoms. The van der Waals surface area contributed by atoms with Crippen molar-refractivity contribution in [3.05, 3.63) is 34.7 Å². The molecule has 2 heterocycles. The van der Waals surface area contributed by atoms with E-state index >= 15 is 0 Å². The Bertz CT molecular complexity index is 780. The minimum atomic E-state index is -0.510. The lowest BCUT2D eigenvalue weighted by atomic mass is 9.77. The minimum absolute atomic E-state index is 0.0910. The maximum absolute atomic E-state index is 11.4. The average molecular weight is 358 g/mol. The van der Waals surface area contributed by atoms with Crippen LogP contribution in [0.15, 0.2) is 29.7 Å². The zero-order chi connectivity index (χ0) is 18.2. The van der Waals surface area contributed by atoms with Crippen LogP contribution in [0.25, 0.3) is 16.3 Å². The van der Waals surface area contributed by atoms with Gasteiger partial charge in [-0.25, -0.2) is 4.98 Å². The first kappa shape index (κ1) is 18.1. The number of rotatable bonds is 4. The second-order valence-corrected chi connectivity index (χ2v) is 8.30. The van der Waals surface area contributed by atoms with E-state index in [-0.39, 0.29) is 5.91 Å². The van der Waals surface area contributed by atoms with E-state index in [0.717, 1.165) is 20.7 Å². The highest BCUT2D eigenvalue weighted by Gasteiger charge is 2.52.